The Morgan fingerprint density at radius 2 is 1.88 bits per heavy atom. The summed E-state index contributed by atoms with van der Waals surface area (Å²) in [5, 5.41) is 0. The number of carbonyl (C=O) groups is 1. The number of nitrogens with two attached hydrogens (primary N) is 1. The van der Waals surface area contributed by atoms with Crippen molar-refractivity contribution in [1.82, 2.24) is 9.47 Å². The van der Waals surface area contributed by atoms with Crippen LogP contribution >= 0.6 is 0 Å². The minimum absolute atomic E-state index is 0.0147. The Balaban J connectivity index is 1.57. The number of carbonyl (C=O) groups excluding carboxylic acids is 1. The largest absolute Gasteiger partial charge is 0.341 e. The molecular weight excluding hydrogens is 314 g/mol. The van der Waals surface area contributed by atoms with Crippen molar-refractivity contribution in [3.63, 3.8) is 0 Å². The van der Waals surface area contributed by atoms with Crippen molar-refractivity contribution in [3.8, 4) is 0 Å². The second kappa shape index (κ2) is 7.66. The van der Waals surface area contributed by atoms with Crippen LogP contribution in [0.1, 0.15) is 29.9 Å². The molecule has 1 saturated heterocycles. The molecule has 0 saturated carbocycles. The SMILES string of the molecule is Cn1ccc(C2CCN(C(=O)[C@H](N)Cc3ccccc3)CC2)cc1=O. The molecular formula is C20H25N3O2. The van der Waals surface area contributed by atoms with E-state index in [1.807, 2.05) is 47.5 Å². The first-order chi connectivity index (χ1) is 12.0. The fourth-order valence-electron chi connectivity index (χ4n) is 3.44. The van der Waals surface area contributed by atoms with Crippen LogP contribution in [0.15, 0.2) is 53.5 Å². The van der Waals surface area contributed by atoms with Crippen molar-refractivity contribution >= 4 is 5.91 Å². The molecule has 1 aliphatic rings. The zero-order valence-corrected chi connectivity index (χ0v) is 14.6. The number of hydrogen-bond acceptors (Lipinski definition) is 3. The zero-order valence-electron chi connectivity index (χ0n) is 14.6. The molecule has 5 nitrogen and oxygen atoms in total. The number of hydrogen-bond donors (Lipinski definition) is 1. The van der Waals surface area contributed by atoms with Crippen LogP contribution in [0.3, 0.4) is 0 Å². The third kappa shape index (κ3) is 4.17. The molecule has 0 bridgehead atoms. The summed E-state index contributed by atoms with van der Waals surface area (Å²) in [4.78, 5) is 26.3. The molecule has 1 amide bonds. The van der Waals surface area contributed by atoms with E-state index in [-0.39, 0.29) is 11.5 Å². The van der Waals surface area contributed by atoms with Crippen LogP contribution in [-0.2, 0) is 18.3 Å². The summed E-state index contributed by atoms with van der Waals surface area (Å²) in [6.45, 7) is 1.39. The lowest BCUT2D eigenvalue weighted by molar-refractivity contribution is -0.133. The second-order valence-corrected chi connectivity index (χ2v) is 6.80. The van der Waals surface area contributed by atoms with Crippen LogP contribution in [0.4, 0.5) is 0 Å². The molecule has 132 valence electrons. The normalized spacial score (nSPS) is 16.6. The molecule has 2 N–H and O–H groups in total. The Kier molecular flexibility index (Phi) is 5.34. The van der Waals surface area contributed by atoms with Crippen molar-refractivity contribution in [3.05, 3.63) is 70.1 Å². The zero-order chi connectivity index (χ0) is 17.8. The van der Waals surface area contributed by atoms with Gasteiger partial charge in [0.05, 0.1) is 6.04 Å². The maximum atomic E-state index is 12.6. The van der Waals surface area contributed by atoms with Crippen LogP contribution in [-0.4, -0.2) is 34.5 Å². The van der Waals surface area contributed by atoms with Crippen molar-refractivity contribution in [2.24, 2.45) is 12.8 Å². The quantitative estimate of drug-likeness (QED) is 0.921. The molecule has 0 radical (unpaired) electrons. The molecule has 2 heterocycles. The van der Waals surface area contributed by atoms with Crippen LogP contribution < -0.4 is 11.3 Å². The van der Waals surface area contributed by atoms with Gasteiger partial charge < -0.3 is 15.2 Å². The molecule has 1 fully saturated rings. The van der Waals surface area contributed by atoms with Crippen LogP contribution in [0.2, 0.25) is 0 Å². The van der Waals surface area contributed by atoms with Gasteiger partial charge in [-0.15, -0.1) is 0 Å². The van der Waals surface area contributed by atoms with E-state index in [0.29, 0.717) is 25.4 Å². The van der Waals surface area contributed by atoms with E-state index in [9.17, 15) is 9.59 Å². The van der Waals surface area contributed by atoms with E-state index in [0.717, 1.165) is 24.0 Å². The predicted octanol–water partition coefficient (Wildman–Crippen LogP) is 1.66. The molecule has 3 rings (SSSR count). The Bertz CT molecular complexity index is 777. The lowest BCUT2D eigenvalue weighted by Crippen LogP contribution is -2.47. The number of benzene rings is 1. The van der Waals surface area contributed by atoms with E-state index in [4.69, 9.17) is 5.73 Å². The van der Waals surface area contributed by atoms with Gasteiger partial charge in [-0.25, -0.2) is 0 Å². The van der Waals surface area contributed by atoms with Gasteiger partial charge in [-0.1, -0.05) is 30.3 Å². The Labute approximate surface area is 148 Å². The van der Waals surface area contributed by atoms with Gasteiger partial charge in [0.1, 0.15) is 0 Å². The highest BCUT2D eigenvalue weighted by molar-refractivity contribution is 5.82. The van der Waals surface area contributed by atoms with Gasteiger partial charge in [-0.2, -0.15) is 0 Å². The lowest BCUT2D eigenvalue weighted by Gasteiger charge is -2.33. The number of aromatic nitrogens is 1. The van der Waals surface area contributed by atoms with Gasteiger partial charge >= 0.3 is 0 Å². The minimum atomic E-state index is -0.497. The summed E-state index contributed by atoms with van der Waals surface area (Å²) in [5.41, 5.74) is 8.30. The summed E-state index contributed by atoms with van der Waals surface area (Å²) < 4.78 is 1.57. The number of aryl methyl sites for hydroxylation is 1. The first kappa shape index (κ1) is 17.4. The van der Waals surface area contributed by atoms with E-state index < -0.39 is 6.04 Å². The minimum Gasteiger partial charge on any atom is -0.341 e. The molecule has 1 atom stereocenters. The van der Waals surface area contributed by atoms with Crippen molar-refractivity contribution in [1.29, 1.82) is 0 Å². The van der Waals surface area contributed by atoms with Crippen molar-refractivity contribution < 1.29 is 4.79 Å². The summed E-state index contributed by atoms with van der Waals surface area (Å²) in [6, 6.07) is 13.1. The molecule has 1 aromatic carbocycles. The first-order valence-corrected chi connectivity index (χ1v) is 8.79. The van der Waals surface area contributed by atoms with Crippen LogP contribution in [0, 0.1) is 0 Å². The van der Waals surface area contributed by atoms with E-state index >= 15 is 0 Å². The summed E-state index contributed by atoms with van der Waals surface area (Å²) in [7, 11) is 1.75. The highest BCUT2D eigenvalue weighted by Gasteiger charge is 2.27. The molecule has 25 heavy (non-hydrogen) atoms. The number of rotatable bonds is 4. The third-order valence-corrected chi connectivity index (χ3v) is 5.02. The number of amides is 1. The topological polar surface area (TPSA) is 68.3 Å². The van der Waals surface area contributed by atoms with Gasteiger partial charge in [0, 0.05) is 32.4 Å². The van der Waals surface area contributed by atoms with Gasteiger partial charge in [-0.05, 0) is 42.4 Å². The third-order valence-electron chi connectivity index (χ3n) is 5.02. The molecule has 2 aromatic rings. The Hall–Kier alpha value is -2.40. The van der Waals surface area contributed by atoms with Crippen molar-refractivity contribution in [2.45, 2.75) is 31.2 Å². The Morgan fingerprint density at radius 1 is 1.20 bits per heavy atom. The van der Waals surface area contributed by atoms with Gasteiger partial charge in [0.15, 0.2) is 0 Å². The summed E-state index contributed by atoms with van der Waals surface area (Å²) in [5.74, 6) is 0.356. The average Bonchev–Trinajstić information content (AvgIpc) is 2.64. The molecule has 0 unspecified atom stereocenters. The molecule has 5 heteroatoms. The lowest BCUT2D eigenvalue weighted by atomic mass is 9.89. The second-order valence-electron chi connectivity index (χ2n) is 6.80. The highest BCUT2D eigenvalue weighted by atomic mass is 16.2. The van der Waals surface area contributed by atoms with Gasteiger partial charge in [-0.3, -0.25) is 9.59 Å². The smallest absolute Gasteiger partial charge is 0.250 e. The molecule has 1 aromatic heterocycles. The standard InChI is InChI=1S/C20H25N3O2/c1-22-10-7-17(14-19(22)24)16-8-11-23(12-9-16)20(25)18(21)13-15-5-3-2-4-6-15/h2-7,10,14,16,18H,8-9,11-13,21H2,1H3/t18-/m1/s1. The molecule has 0 aliphatic carbocycles. The first-order valence-electron chi connectivity index (χ1n) is 8.79. The fraction of sp³-hybridized carbons (Fsp3) is 0.400. The number of pyridine rings is 1. The van der Waals surface area contributed by atoms with E-state index in [1.165, 1.54) is 0 Å². The number of nitrogens with zero attached hydrogens (tertiary/aromatic N) is 2. The predicted molar refractivity (Wildman–Crippen MR) is 98.4 cm³/mol. The Morgan fingerprint density at radius 3 is 2.52 bits per heavy atom. The highest BCUT2D eigenvalue weighted by Crippen LogP contribution is 2.27. The molecule has 0 spiro atoms. The van der Waals surface area contributed by atoms with E-state index in [2.05, 4.69) is 0 Å². The fourth-order valence-corrected chi connectivity index (χ4v) is 3.44. The number of piperidine rings is 1. The van der Waals surface area contributed by atoms with Crippen LogP contribution in [0.25, 0.3) is 0 Å². The summed E-state index contributed by atoms with van der Waals surface area (Å²) in [6.07, 6.45) is 4.12. The van der Waals surface area contributed by atoms with E-state index in [1.54, 1.807) is 17.7 Å². The van der Waals surface area contributed by atoms with Crippen molar-refractivity contribution in [2.75, 3.05) is 13.1 Å². The maximum absolute atomic E-state index is 12.6. The summed E-state index contributed by atoms with van der Waals surface area (Å²) >= 11 is 0. The molecule has 1 aliphatic heterocycles. The number of likely N-dealkylation sites (tertiary alicyclic amines) is 1. The average molecular weight is 339 g/mol. The van der Waals surface area contributed by atoms with Gasteiger partial charge in [0.25, 0.3) is 5.56 Å². The van der Waals surface area contributed by atoms with Gasteiger partial charge in [0.2, 0.25) is 5.91 Å². The monoisotopic (exact) mass is 339 g/mol. The van der Waals surface area contributed by atoms with Crippen LogP contribution in [0.5, 0.6) is 0 Å². The maximum Gasteiger partial charge on any atom is 0.250 e.